The zero-order valence-electron chi connectivity index (χ0n) is 15.5. The Morgan fingerprint density at radius 3 is 2.00 bits per heavy atom. The van der Waals surface area contributed by atoms with Gasteiger partial charge in [0, 0.05) is 25.2 Å². The van der Waals surface area contributed by atoms with Crippen LogP contribution in [0.3, 0.4) is 0 Å². The summed E-state index contributed by atoms with van der Waals surface area (Å²) in [6.45, 7) is 13.3. The highest BCUT2D eigenvalue weighted by atomic mass is 15.1. The lowest BCUT2D eigenvalue weighted by atomic mass is 9.85. The Morgan fingerprint density at radius 2 is 1.50 bits per heavy atom. The second-order valence-electron chi connectivity index (χ2n) is 8.14. The fraction of sp³-hybridized carbons (Fsp3) is 1.00. The summed E-state index contributed by atoms with van der Waals surface area (Å²) in [5.41, 5.74) is 0. The molecule has 22 heavy (non-hydrogen) atoms. The Bertz CT molecular complexity index is 289. The first-order valence-electron chi connectivity index (χ1n) is 9.73. The highest BCUT2D eigenvalue weighted by Gasteiger charge is 2.24. The van der Waals surface area contributed by atoms with Crippen molar-refractivity contribution in [2.45, 2.75) is 71.4 Å². The number of nitrogens with one attached hydrogen (secondary N) is 1. The third-order valence-corrected chi connectivity index (χ3v) is 5.71. The van der Waals surface area contributed by atoms with E-state index in [0.29, 0.717) is 6.04 Å². The molecule has 1 saturated carbocycles. The molecular formula is C19H39N3. The van der Waals surface area contributed by atoms with Gasteiger partial charge in [-0.05, 0) is 77.0 Å². The lowest BCUT2D eigenvalue weighted by molar-refractivity contribution is 0.141. The summed E-state index contributed by atoms with van der Waals surface area (Å²) in [7, 11) is 2.35. The van der Waals surface area contributed by atoms with Crippen molar-refractivity contribution in [3.8, 4) is 0 Å². The summed E-state index contributed by atoms with van der Waals surface area (Å²) in [5, 5.41) is 3.71. The van der Waals surface area contributed by atoms with Gasteiger partial charge >= 0.3 is 0 Å². The molecule has 0 radical (unpaired) electrons. The predicted molar refractivity (Wildman–Crippen MR) is 96.4 cm³/mol. The van der Waals surface area contributed by atoms with Gasteiger partial charge in [0.25, 0.3) is 0 Å². The van der Waals surface area contributed by atoms with Crippen LogP contribution in [0.1, 0.15) is 59.3 Å². The van der Waals surface area contributed by atoms with Gasteiger partial charge in [0.05, 0.1) is 0 Å². The fourth-order valence-corrected chi connectivity index (χ4v) is 4.42. The second-order valence-corrected chi connectivity index (χ2v) is 8.14. The summed E-state index contributed by atoms with van der Waals surface area (Å²) < 4.78 is 0. The molecule has 1 saturated heterocycles. The van der Waals surface area contributed by atoms with Crippen molar-refractivity contribution in [3.05, 3.63) is 0 Å². The monoisotopic (exact) mass is 309 g/mol. The van der Waals surface area contributed by atoms with Gasteiger partial charge < -0.3 is 15.1 Å². The number of hydrogen-bond donors (Lipinski definition) is 1. The minimum absolute atomic E-state index is 0.637. The van der Waals surface area contributed by atoms with Crippen LogP contribution in [0.25, 0.3) is 0 Å². The van der Waals surface area contributed by atoms with Crippen LogP contribution >= 0.6 is 0 Å². The molecule has 1 N–H and O–H groups in total. The molecule has 0 amide bonds. The van der Waals surface area contributed by atoms with Crippen molar-refractivity contribution in [3.63, 3.8) is 0 Å². The maximum absolute atomic E-state index is 3.71. The van der Waals surface area contributed by atoms with Crippen LogP contribution in [0, 0.1) is 11.8 Å². The standard InChI is InChI=1S/C19H39N3/c1-5-22-12-10-18(11-13-22)15-21(4)14-17-6-8-19(9-7-17)20-16(2)3/h16-20H,5-15H2,1-4H3. The zero-order valence-corrected chi connectivity index (χ0v) is 15.5. The molecule has 3 nitrogen and oxygen atoms in total. The van der Waals surface area contributed by atoms with Crippen LogP contribution in [0.15, 0.2) is 0 Å². The van der Waals surface area contributed by atoms with Gasteiger partial charge in [-0.2, -0.15) is 0 Å². The molecule has 1 heterocycles. The number of likely N-dealkylation sites (tertiary alicyclic amines) is 1. The summed E-state index contributed by atoms with van der Waals surface area (Å²) >= 11 is 0. The van der Waals surface area contributed by atoms with Gasteiger partial charge in [0.2, 0.25) is 0 Å². The van der Waals surface area contributed by atoms with Crippen molar-refractivity contribution in [1.82, 2.24) is 15.1 Å². The van der Waals surface area contributed by atoms with Crippen LogP contribution in [0.4, 0.5) is 0 Å². The number of piperidine rings is 1. The molecule has 2 fully saturated rings. The van der Waals surface area contributed by atoms with Gasteiger partial charge in [-0.25, -0.2) is 0 Å². The van der Waals surface area contributed by atoms with Gasteiger partial charge in [-0.1, -0.05) is 20.8 Å². The van der Waals surface area contributed by atoms with Gasteiger partial charge in [0.1, 0.15) is 0 Å². The van der Waals surface area contributed by atoms with E-state index in [1.54, 1.807) is 0 Å². The summed E-state index contributed by atoms with van der Waals surface area (Å²) in [4.78, 5) is 5.23. The lowest BCUT2D eigenvalue weighted by Gasteiger charge is -2.36. The van der Waals surface area contributed by atoms with Gasteiger partial charge in [0.15, 0.2) is 0 Å². The topological polar surface area (TPSA) is 18.5 Å². The van der Waals surface area contributed by atoms with Crippen molar-refractivity contribution < 1.29 is 0 Å². The first-order valence-corrected chi connectivity index (χ1v) is 9.73. The average molecular weight is 310 g/mol. The molecule has 1 aliphatic carbocycles. The third kappa shape index (κ3) is 6.17. The van der Waals surface area contributed by atoms with E-state index in [0.717, 1.165) is 17.9 Å². The minimum atomic E-state index is 0.637. The lowest BCUT2D eigenvalue weighted by Crippen LogP contribution is -2.41. The zero-order chi connectivity index (χ0) is 15.9. The van der Waals surface area contributed by atoms with E-state index in [1.165, 1.54) is 71.2 Å². The quantitative estimate of drug-likeness (QED) is 0.779. The highest BCUT2D eigenvalue weighted by Crippen LogP contribution is 2.26. The summed E-state index contributed by atoms with van der Waals surface area (Å²) in [6, 6.07) is 1.41. The van der Waals surface area contributed by atoms with E-state index in [-0.39, 0.29) is 0 Å². The van der Waals surface area contributed by atoms with Crippen LogP contribution in [0.2, 0.25) is 0 Å². The summed E-state index contributed by atoms with van der Waals surface area (Å²) in [6.07, 6.45) is 8.41. The molecule has 1 aliphatic heterocycles. The molecule has 0 unspecified atom stereocenters. The molecule has 0 aromatic carbocycles. The SMILES string of the molecule is CCN1CCC(CN(C)CC2CCC(NC(C)C)CC2)CC1. The van der Waals surface area contributed by atoms with E-state index in [4.69, 9.17) is 0 Å². The summed E-state index contributed by atoms with van der Waals surface area (Å²) in [5.74, 6) is 1.87. The van der Waals surface area contributed by atoms with Crippen LogP contribution in [-0.4, -0.2) is 61.7 Å². The molecule has 130 valence electrons. The van der Waals surface area contributed by atoms with Crippen molar-refractivity contribution in [2.24, 2.45) is 11.8 Å². The average Bonchev–Trinajstić information content (AvgIpc) is 2.49. The molecule has 2 aliphatic rings. The van der Waals surface area contributed by atoms with E-state index in [9.17, 15) is 0 Å². The molecule has 0 atom stereocenters. The molecular weight excluding hydrogens is 270 g/mol. The molecule has 0 spiro atoms. The Kier molecular flexibility index (Phi) is 7.66. The Morgan fingerprint density at radius 1 is 0.955 bits per heavy atom. The number of hydrogen-bond acceptors (Lipinski definition) is 3. The molecule has 0 aromatic heterocycles. The molecule has 3 heteroatoms. The van der Waals surface area contributed by atoms with Crippen molar-refractivity contribution >= 4 is 0 Å². The number of rotatable bonds is 7. The molecule has 2 rings (SSSR count). The first-order chi connectivity index (χ1) is 10.6. The fourth-order valence-electron chi connectivity index (χ4n) is 4.42. The van der Waals surface area contributed by atoms with Gasteiger partial charge in [-0.15, -0.1) is 0 Å². The Hall–Kier alpha value is -0.120. The molecule has 0 bridgehead atoms. The van der Waals surface area contributed by atoms with E-state index >= 15 is 0 Å². The minimum Gasteiger partial charge on any atom is -0.312 e. The normalized spacial score (nSPS) is 28.6. The van der Waals surface area contributed by atoms with Crippen LogP contribution < -0.4 is 5.32 Å². The van der Waals surface area contributed by atoms with Crippen molar-refractivity contribution in [1.29, 1.82) is 0 Å². The molecule has 0 aromatic rings. The van der Waals surface area contributed by atoms with Gasteiger partial charge in [-0.3, -0.25) is 0 Å². The van der Waals surface area contributed by atoms with Crippen molar-refractivity contribution in [2.75, 3.05) is 39.8 Å². The number of nitrogens with zero attached hydrogens (tertiary/aromatic N) is 2. The maximum Gasteiger partial charge on any atom is 0.00696 e. The van der Waals surface area contributed by atoms with E-state index in [1.807, 2.05) is 0 Å². The van der Waals surface area contributed by atoms with E-state index < -0.39 is 0 Å². The Balaban J connectivity index is 1.61. The van der Waals surface area contributed by atoms with Crippen LogP contribution in [-0.2, 0) is 0 Å². The Labute approximate surface area is 138 Å². The first kappa shape index (κ1) is 18.2. The second kappa shape index (κ2) is 9.24. The maximum atomic E-state index is 3.71. The predicted octanol–water partition coefficient (Wildman–Crippen LogP) is 3.21. The van der Waals surface area contributed by atoms with E-state index in [2.05, 4.69) is 42.9 Å². The highest BCUT2D eigenvalue weighted by molar-refractivity contribution is 4.80. The largest absolute Gasteiger partial charge is 0.312 e. The third-order valence-electron chi connectivity index (χ3n) is 5.71. The van der Waals surface area contributed by atoms with Crippen LogP contribution in [0.5, 0.6) is 0 Å². The smallest absolute Gasteiger partial charge is 0.00696 e.